The van der Waals surface area contributed by atoms with Crippen LogP contribution >= 0.6 is 0 Å². The van der Waals surface area contributed by atoms with Crippen molar-refractivity contribution in [1.29, 1.82) is 0 Å². The van der Waals surface area contributed by atoms with Crippen LogP contribution in [0.5, 0.6) is 0 Å². The monoisotopic (exact) mass is 280 g/mol. The van der Waals surface area contributed by atoms with Crippen LogP contribution < -0.4 is 0 Å². The molecule has 0 saturated heterocycles. The first-order valence-corrected chi connectivity index (χ1v) is 7.21. The molecule has 0 aliphatic rings. The van der Waals surface area contributed by atoms with E-state index in [0.717, 1.165) is 17.5 Å². The number of benzene rings is 2. The van der Waals surface area contributed by atoms with Crippen LogP contribution in [-0.4, -0.2) is 17.8 Å². The minimum atomic E-state index is -0.155. The van der Waals surface area contributed by atoms with Crippen LogP contribution in [0.2, 0.25) is 0 Å². The minimum Gasteiger partial charge on any atom is -0.396 e. The second-order valence-electron chi connectivity index (χ2n) is 4.79. The van der Waals surface area contributed by atoms with Crippen LogP contribution in [0.15, 0.2) is 60.7 Å². The Bertz CT molecular complexity index is 567. The van der Waals surface area contributed by atoms with Crippen molar-refractivity contribution in [1.82, 2.24) is 0 Å². The normalized spacial score (nSPS) is 11.5. The maximum atomic E-state index is 8.98. The fourth-order valence-electron chi connectivity index (χ4n) is 1.93. The van der Waals surface area contributed by atoms with Gasteiger partial charge in [-0.05, 0) is 30.5 Å². The zero-order chi connectivity index (χ0) is 14.8. The van der Waals surface area contributed by atoms with Crippen molar-refractivity contribution in [3.63, 3.8) is 0 Å². The SMILES string of the molecule is OCCCC(C#Cc1ccccc1)OCc1ccccc1. The minimum absolute atomic E-state index is 0.155. The number of rotatable bonds is 6. The van der Waals surface area contributed by atoms with E-state index < -0.39 is 0 Å². The Balaban J connectivity index is 1.96. The predicted octanol–water partition coefficient (Wildman–Crippen LogP) is 3.40. The molecule has 0 aliphatic heterocycles. The van der Waals surface area contributed by atoms with Gasteiger partial charge in [0, 0.05) is 12.2 Å². The van der Waals surface area contributed by atoms with Gasteiger partial charge in [0.05, 0.1) is 6.61 Å². The third-order valence-corrected chi connectivity index (χ3v) is 3.07. The van der Waals surface area contributed by atoms with Crippen molar-refractivity contribution in [2.45, 2.75) is 25.6 Å². The lowest BCUT2D eigenvalue weighted by Crippen LogP contribution is -2.11. The van der Waals surface area contributed by atoms with Crippen LogP contribution in [0.3, 0.4) is 0 Å². The first-order valence-electron chi connectivity index (χ1n) is 7.21. The molecule has 0 fully saturated rings. The predicted molar refractivity (Wildman–Crippen MR) is 84.7 cm³/mol. The Morgan fingerprint density at radius 1 is 0.952 bits per heavy atom. The van der Waals surface area contributed by atoms with Gasteiger partial charge >= 0.3 is 0 Å². The molecule has 0 saturated carbocycles. The lowest BCUT2D eigenvalue weighted by Gasteiger charge is -2.11. The van der Waals surface area contributed by atoms with Gasteiger partial charge in [0.2, 0.25) is 0 Å². The molecular formula is C19H20O2. The van der Waals surface area contributed by atoms with E-state index in [1.807, 2.05) is 60.7 Å². The van der Waals surface area contributed by atoms with Crippen molar-refractivity contribution in [3.8, 4) is 11.8 Å². The summed E-state index contributed by atoms with van der Waals surface area (Å²) in [6, 6.07) is 19.9. The van der Waals surface area contributed by atoms with Gasteiger partial charge in [0.15, 0.2) is 0 Å². The summed E-state index contributed by atoms with van der Waals surface area (Å²) in [7, 11) is 0. The lowest BCUT2D eigenvalue weighted by atomic mass is 10.1. The van der Waals surface area contributed by atoms with Crippen molar-refractivity contribution in [2.75, 3.05) is 6.61 Å². The topological polar surface area (TPSA) is 29.5 Å². The summed E-state index contributed by atoms with van der Waals surface area (Å²) in [6.45, 7) is 0.707. The van der Waals surface area contributed by atoms with Gasteiger partial charge in [-0.25, -0.2) is 0 Å². The Hall–Kier alpha value is -2.08. The second kappa shape index (κ2) is 8.97. The maximum absolute atomic E-state index is 8.98. The van der Waals surface area contributed by atoms with E-state index in [0.29, 0.717) is 13.0 Å². The Kier molecular flexibility index (Phi) is 6.54. The van der Waals surface area contributed by atoms with Gasteiger partial charge in [-0.2, -0.15) is 0 Å². The summed E-state index contributed by atoms with van der Waals surface area (Å²) in [5.41, 5.74) is 2.11. The molecule has 21 heavy (non-hydrogen) atoms. The number of aliphatic hydroxyl groups excluding tert-OH is 1. The number of hydrogen-bond donors (Lipinski definition) is 1. The number of hydrogen-bond acceptors (Lipinski definition) is 2. The standard InChI is InChI=1S/C19H20O2/c20-15-7-12-19(14-13-17-8-3-1-4-9-17)21-16-18-10-5-2-6-11-18/h1-6,8-11,19-20H,7,12,15-16H2. The molecule has 2 heteroatoms. The molecule has 0 aromatic heterocycles. The molecule has 1 unspecified atom stereocenters. The maximum Gasteiger partial charge on any atom is 0.119 e. The fourth-order valence-corrected chi connectivity index (χ4v) is 1.93. The first-order chi connectivity index (χ1) is 10.4. The third kappa shape index (κ3) is 5.83. The van der Waals surface area contributed by atoms with Gasteiger partial charge in [0.25, 0.3) is 0 Å². The smallest absolute Gasteiger partial charge is 0.119 e. The van der Waals surface area contributed by atoms with Crippen molar-refractivity contribution >= 4 is 0 Å². The quantitative estimate of drug-likeness (QED) is 0.822. The molecule has 0 spiro atoms. The van der Waals surface area contributed by atoms with Gasteiger partial charge < -0.3 is 9.84 Å². The molecule has 1 atom stereocenters. The summed E-state index contributed by atoms with van der Waals surface area (Å²) in [5, 5.41) is 8.98. The molecule has 2 rings (SSSR count). The zero-order valence-corrected chi connectivity index (χ0v) is 12.0. The third-order valence-electron chi connectivity index (χ3n) is 3.07. The van der Waals surface area contributed by atoms with Gasteiger partial charge in [-0.15, -0.1) is 0 Å². The molecule has 2 aromatic rings. The molecule has 2 nitrogen and oxygen atoms in total. The molecule has 0 radical (unpaired) electrons. The molecule has 0 heterocycles. The fraction of sp³-hybridized carbons (Fsp3) is 0.263. The first kappa shape index (κ1) is 15.3. The van der Waals surface area contributed by atoms with E-state index in [4.69, 9.17) is 9.84 Å². The molecule has 0 amide bonds. The van der Waals surface area contributed by atoms with Crippen LogP contribution in [-0.2, 0) is 11.3 Å². The van der Waals surface area contributed by atoms with Gasteiger partial charge in [0.1, 0.15) is 6.10 Å². The average molecular weight is 280 g/mol. The summed E-state index contributed by atoms with van der Waals surface area (Å²) < 4.78 is 5.87. The van der Waals surface area contributed by atoms with Gasteiger partial charge in [-0.1, -0.05) is 60.4 Å². The summed E-state index contributed by atoms with van der Waals surface area (Å²) in [5.74, 6) is 6.29. The van der Waals surface area contributed by atoms with Crippen LogP contribution in [0.4, 0.5) is 0 Å². The molecule has 2 aromatic carbocycles. The molecule has 1 N–H and O–H groups in total. The van der Waals surface area contributed by atoms with Gasteiger partial charge in [-0.3, -0.25) is 0 Å². The highest BCUT2D eigenvalue weighted by Crippen LogP contribution is 2.08. The molecular weight excluding hydrogens is 260 g/mol. The summed E-state index contributed by atoms with van der Waals surface area (Å²) >= 11 is 0. The molecule has 0 bridgehead atoms. The van der Waals surface area contributed by atoms with E-state index >= 15 is 0 Å². The molecule has 108 valence electrons. The van der Waals surface area contributed by atoms with Crippen molar-refractivity contribution in [3.05, 3.63) is 71.8 Å². The highest BCUT2D eigenvalue weighted by Gasteiger charge is 2.05. The van der Waals surface area contributed by atoms with Crippen molar-refractivity contribution < 1.29 is 9.84 Å². The number of aliphatic hydroxyl groups is 1. The number of ether oxygens (including phenoxy) is 1. The van der Waals surface area contributed by atoms with Crippen LogP contribution in [0, 0.1) is 11.8 Å². The Labute approximate surface area is 126 Å². The summed E-state index contributed by atoms with van der Waals surface area (Å²) in [6.07, 6.45) is 1.28. The zero-order valence-electron chi connectivity index (χ0n) is 12.0. The highest BCUT2D eigenvalue weighted by atomic mass is 16.5. The summed E-state index contributed by atoms with van der Waals surface area (Å²) in [4.78, 5) is 0. The van der Waals surface area contributed by atoms with E-state index in [2.05, 4.69) is 11.8 Å². The van der Waals surface area contributed by atoms with Crippen LogP contribution in [0.1, 0.15) is 24.0 Å². The van der Waals surface area contributed by atoms with E-state index in [1.165, 1.54) is 0 Å². The highest BCUT2D eigenvalue weighted by molar-refractivity contribution is 5.34. The largest absolute Gasteiger partial charge is 0.396 e. The Morgan fingerprint density at radius 2 is 1.62 bits per heavy atom. The van der Waals surface area contributed by atoms with E-state index in [9.17, 15) is 0 Å². The average Bonchev–Trinajstić information content (AvgIpc) is 2.56. The molecule has 0 aliphatic carbocycles. The van der Waals surface area contributed by atoms with Crippen molar-refractivity contribution in [2.24, 2.45) is 0 Å². The van der Waals surface area contributed by atoms with Crippen LogP contribution in [0.25, 0.3) is 0 Å². The Morgan fingerprint density at radius 3 is 2.29 bits per heavy atom. The second-order valence-corrected chi connectivity index (χ2v) is 4.79. The lowest BCUT2D eigenvalue weighted by molar-refractivity contribution is 0.0677. The van der Waals surface area contributed by atoms with E-state index in [-0.39, 0.29) is 12.7 Å². The van der Waals surface area contributed by atoms with E-state index in [1.54, 1.807) is 0 Å².